The number of halogens is 1. The summed E-state index contributed by atoms with van der Waals surface area (Å²) in [5.41, 5.74) is 8.39. The normalized spacial score (nSPS) is 12.7. The van der Waals surface area contributed by atoms with Gasteiger partial charge in [0.05, 0.1) is 18.0 Å². The van der Waals surface area contributed by atoms with Gasteiger partial charge in [-0.15, -0.1) is 0 Å². The number of para-hydroxylation sites is 1. The summed E-state index contributed by atoms with van der Waals surface area (Å²) in [6.07, 6.45) is 0.522. The first-order chi connectivity index (χ1) is 8.63. The van der Waals surface area contributed by atoms with Crippen molar-refractivity contribution in [2.45, 2.75) is 19.4 Å². The fourth-order valence-corrected chi connectivity index (χ4v) is 2.18. The van der Waals surface area contributed by atoms with Crippen LogP contribution in [-0.4, -0.2) is 27.5 Å². The first-order valence-electron chi connectivity index (χ1n) is 5.79. The van der Waals surface area contributed by atoms with E-state index in [1.54, 1.807) is 4.68 Å². The van der Waals surface area contributed by atoms with E-state index in [2.05, 4.69) is 5.10 Å². The molecule has 0 saturated carbocycles. The SMILES string of the molecule is Cc1nn(-c2ccccc2)c(Cl)c1CC(N)CO. The van der Waals surface area contributed by atoms with Gasteiger partial charge in [0.2, 0.25) is 0 Å². The Morgan fingerprint density at radius 2 is 2.06 bits per heavy atom. The topological polar surface area (TPSA) is 64.1 Å². The molecule has 5 heteroatoms. The molecule has 0 amide bonds. The van der Waals surface area contributed by atoms with Crippen LogP contribution >= 0.6 is 11.6 Å². The average Bonchev–Trinajstić information content (AvgIpc) is 2.67. The van der Waals surface area contributed by atoms with Crippen LogP contribution in [0.5, 0.6) is 0 Å². The number of aryl methyl sites for hydroxylation is 1. The zero-order chi connectivity index (χ0) is 13.1. The highest BCUT2D eigenvalue weighted by Crippen LogP contribution is 2.24. The van der Waals surface area contributed by atoms with E-state index >= 15 is 0 Å². The molecule has 96 valence electrons. The Hall–Kier alpha value is -1.36. The van der Waals surface area contributed by atoms with Gasteiger partial charge in [-0.1, -0.05) is 29.8 Å². The predicted molar refractivity (Wildman–Crippen MR) is 72.1 cm³/mol. The van der Waals surface area contributed by atoms with Crippen LogP contribution in [0.1, 0.15) is 11.3 Å². The van der Waals surface area contributed by atoms with Gasteiger partial charge in [-0.25, -0.2) is 4.68 Å². The number of aliphatic hydroxyl groups excluding tert-OH is 1. The molecule has 0 bridgehead atoms. The van der Waals surface area contributed by atoms with Gasteiger partial charge in [0, 0.05) is 11.6 Å². The highest BCUT2D eigenvalue weighted by molar-refractivity contribution is 6.30. The zero-order valence-electron chi connectivity index (χ0n) is 10.2. The summed E-state index contributed by atoms with van der Waals surface area (Å²) < 4.78 is 1.69. The third-order valence-corrected chi connectivity index (χ3v) is 3.21. The summed E-state index contributed by atoms with van der Waals surface area (Å²) in [6, 6.07) is 9.37. The van der Waals surface area contributed by atoms with Gasteiger partial charge >= 0.3 is 0 Å². The molecule has 1 aromatic carbocycles. The molecule has 18 heavy (non-hydrogen) atoms. The number of rotatable bonds is 4. The fourth-order valence-electron chi connectivity index (χ4n) is 1.83. The minimum Gasteiger partial charge on any atom is -0.395 e. The molecule has 0 saturated heterocycles. The summed E-state index contributed by atoms with van der Waals surface area (Å²) >= 11 is 6.33. The monoisotopic (exact) mass is 265 g/mol. The van der Waals surface area contributed by atoms with E-state index in [9.17, 15) is 0 Å². The number of aromatic nitrogens is 2. The van der Waals surface area contributed by atoms with Gasteiger partial charge in [0.15, 0.2) is 0 Å². The van der Waals surface area contributed by atoms with E-state index in [1.165, 1.54) is 0 Å². The summed E-state index contributed by atoms with van der Waals surface area (Å²) in [5.74, 6) is 0. The molecule has 2 aromatic rings. The molecule has 1 heterocycles. The minimum atomic E-state index is -0.311. The lowest BCUT2D eigenvalue weighted by molar-refractivity contribution is 0.265. The van der Waals surface area contributed by atoms with Crippen LogP contribution in [0.4, 0.5) is 0 Å². The Balaban J connectivity index is 2.38. The Kier molecular flexibility index (Phi) is 4.01. The van der Waals surface area contributed by atoms with Gasteiger partial charge < -0.3 is 10.8 Å². The lowest BCUT2D eigenvalue weighted by atomic mass is 10.1. The van der Waals surface area contributed by atoms with Crippen LogP contribution in [0.3, 0.4) is 0 Å². The summed E-state index contributed by atoms with van der Waals surface area (Å²) in [6.45, 7) is 1.83. The first-order valence-corrected chi connectivity index (χ1v) is 6.17. The van der Waals surface area contributed by atoms with Gasteiger partial charge in [0.1, 0.15) is 5.15 Å². The number of hydrogen-bond acceptors (Lipinski definition) is 3. The molecule has 0 fully saturated rings. The zero-order valence-corrected chi connectivity index (χ0v) is 10.9. The van der Waals surface area contributed by atoms with Gasteiger partial charge in [-0.05, 0) is 25.5 Å². The van der Waals surface area contributed by atoms with Gasteiger partial charge in [0.25, 0.3) is 0 Å². The molecule has 1 aromatic heterocycles. The third kappa shape index (κ3) is 2.56. The fraction of sp³-hybridized carbons (Fsp3) is 0.308. The lowest BCUT2D eigenvalue weighted by Crippen LogP contribution is -2.27. The van der Waals surface area contributed by atoms with Crippen molar-refractivity contribution in [1.82, 2.24) is 9.78 Å². The standard InChI is InChI=1S/C13H16ClN3O/c1-9-12(7-10(15)8-18)13(14)17(16-9)11-5-3-2-4-6-11/h2-6,10,18H,7-8,15H2,1H3. The highest BCUT2D eigenvalue weighted by atomic mass is 35.5. The maximum atomic E-state index is 9.01. The Bertz CT molecular complexity index is 525. The number of benzene rings is 1. The van der Waals surface area contributed by atoms with Crippen molar-refractivity contribution in [3.05, 3.63) is 46.7 Å². The van der Waals surface area contributed by atoms with Crippen LogP contribution in [-0.2, 0) is 6.42 Å². The molecular weight excluding hydrogens is 250 g/mol. The van der Waals surface area contributed by atoms with Crippen LogP contribution in [0.25, 0.3) is 5.69 Å². The number of nitrogens with zero attached hydrogens (tertiary/aromatic N) is 2. The van der Waals surface area contributed by atoms with Gasteiger partial charge in [-0.3, -0.25) is 0 Å². The van der Waals surface area contributed by atoms with Crippen molar-refractivity contribution in [2.75, 3.05) is 6.61 Å². The molecule has 2 rings (SSSR count). The average molecular weight is 266 g/mol. The number of nitrogens with two attached hydrogens (primary N) is 1. The van der Waals surface area contributed by atoms with Crippen molar-refractivity contribution in [1.29, 1.82) is 0 Å². The maximum Gasteiger partial charge on any atom is 0.136 e. The smallest absolute Gasteiger partial charge is 0.136 e. The Morgan fingerprint density at radius 3 is 2.67 bits per heavy atom. The van der Waals surface area contributed by atoms with Crippen LogP contribution in [0.2, 0.25) is 5.15 Å². The van der Waals surface area contributed by atoms with Crippen molar-refractivity contribution in [2.24, 2.45) is 5.73 Å². The third-order valence-electron chi connectivity index (χ3n) is 2.82. The molecule has 1 atom stereocenters. The van der Waals surface area contributed by atoms with Crippen LogP contribution in [0.15, 0.2) is 30.3 Å². The maximum absolute atomic E-state index is 9.01. The van der Waals surface area contributed by atoms with Crippen molar-refractivity contribution >= 4 is 11.6 Å². The van der Waals surface area contributed by atoms with Crippen molar-refractivity contribution in [3.8, 4) is 5.69 Å². The molecule has 0 aliphatic carbocycles. The van der Waals surface area contributed by atoms with E-state index in [0.29, 0.717) is 11.6 Å². The molecule has 0 spiro atoms. The van der Waals surface area contributed by atoms with E-state index in [4.69, 9.17) is 22.4 Å². The van der Waals surface area contributed by atoms with E-state index in [0.717, 1.165) is 16.9 Å². The van der Waals surface area contributed by atoms with Crippen molar-refractivity contribution in [3.63, 3.8) is 0 Å². The summed E-state index contributed by atoms with van der Waals surface area (Å²) in [4.78, 5) is 0. The Labute approximate surface area is 111 Å². The van der Waals surface area contributed by atoms with Crippen LogP contribution in [0, 0.1) is 6.92 Å². The highest BCUT2D eigenvalue weighted by Gasteiger charge is 2.16. The molecule has 3 N–H and O–H groups in total. The van der Waals surface area contributed by atoms with E-state index in [-0.39, 0.29) is 12.6 Å². The second-order valence-electron chi connectivity index (χ2n) is 4.25. The molecule has 1 unspecified atom stereocenters. The second-order valence-corrected chi connectivity index (χ2v) is 4.61. The summed E-state index contributed by atoms with van der Waals surface area (Å²) in [5, 5.41) is 14.0. The second kappa shape index (κ2) is 5.52. The van der Waals surface area contributed by atoms with E-state index < -0.39 is 0 Å². The summed E-state index contributed by atoms with van der Waals surface area (Å²) in [7, 11) is 0. The minimum absolute atomic E-state index is 0.0632. The predicted octanol–water partition coefficient (Wildman–Crippen LogP) is 1.70. The van der Waals surface area contributed by atoms with Crippen LogP contribution < -0.4 is 5.73 Å². The number of aliphatic hydroxyl groups is 1. The first kappa shape index (κ1) is 13.1. The largest absolute Gasteiger partial charge is 0.395 e. The lowest BCUT2D eigenvalue weighted by Gasteiger charge is -2.07. The molecule has 4 nitrogen and oxygen atoms in total. The van der Waals surface area contributed by atoms with Crippen molar-refractivity contribution < 1.29 is 5.11 Å². The van der Waals surface area contributed by atoms with E-state index in [1.807, 2.05) is 37.3 Å². The molecule has 0 aliphatic rings. The molecule has 0 aliphatic heterocycles. The van der Waals surface area contributed by atoms with Gasteiger partial charge in [-0.2, -0.15) is 5.10 Å². The quantitative estimate of drug-likeness (QED) is 0.884. The molecular formula is C13H16ClN3O. The molecule has 0 radical (unpaired) electrons. The Morgan fingerprint density at radius 1 is 1.39 bits per heavy atom. The number of hydrogen-bond donors (Lipinski definition) is 2.